The highest BCUT2D eigenvalue weighted by atomic mass is 16.5. The summed E-state index contributed by atoms with van der Waals surface area (Å²) in [5.74, 6) is 0.491. The number of ether oxygens (including phenoxy) is 1. The average Bonchev–Trinajstić information content (AvgIpc) is 2.68. The molecule has 3 heteroatoms. The van der Waals surface area contributed by atoms with Crippen LogP contribution in [0.25, 0.3) is 0 Å². The predicted molar refractivity (Wildman–Crippen MR) is 104 cm³/mol. The van der Waals surface area contributed by atoms with Crippen molar-refractivity contribution in [1.82, 2.24) is 5.32 Å². The predicted octanol–water partition coefficient (Wildman–Crippen LogP) is 4.55. The minimum atomic E-state index is -0.124. The van der Waals surface area contributed by atoms with Crippen molar-refractivity contribution in [2.24, 2.45) is 0 Å². The highest BCUT2D eigenvalue weighted by Gasteiger charge is 2.11. The number of benzene rings is 3. The molecular weight excluding hydrogens is 322 g/mol. The summed E-state index contributed by atoms with van der Waals surface area (Å²) in [5, 5.41) is 2.96. The van der Waals surface area contributed by atoms with Crippen LogP contribution < -0.4 is 10.1 Å². The summed E-state index contributed by atoms with van der Waals surface area (Å²) in [6.45, 7) is 3.08. The molecule has 0 spiro atoms. The molecule has 0 heterocycles. The Balaban J connectivity index is 1.58. The van der Waals surface area contributed by atoms with Crippen molar-refractivity contribution in [2.45, 2.75) is 19.9 Å². The second-order valence-corrected chi connectivity index (χ2v) is 6.25. The molecule has 26 heavy (non-hydrogen) atoms. The lowest BCUT2D eigenvalue weighted by atomic mass is 10.1. The van der Waals surface area contributed by atoms with Crippen molar-refractivity contribution >= 4 is 5.91 Å². The third-order valence-electron chi connectivity index (χ3n) is 4.20. The van der Waals surface area contributed by atoms with Crippen molar-refractivity contribution in [3.05, 3.63) is 101 Å². The van der Waals surface area contributed by atoms with Gasteiger partial charge in [0.25, 0.3) is 5.91 Å². The van der Waals surface area contributed by atoms with E-state index < -0.39 is 0 Å². The SMILES string of the molecule is Cc1ccc(CNC(=O)c2ccccc2OCCc2ccccc2)cc1. The highest BCUT2D eigenvalue weighted by molar-refractivity contribution is 5.96. The molecule has 0 aliphatic rings. The average molecular weight is 345 g/mol. The molecule has 0 saturated carbocycles. The maximum Gasteiger partial charge on any atom is 0.255 e. The molecule has 0 fully saturated rings. The van der Waals surface area contributed by atoms with Crippen molar-refractivity contribution in [2.75, 3.05) is 6.61 Å². The van der Waals surface area contributed by atoms with Crippen molar-refractivity contribution < 1.29 is 9.53 Å². The Bertz CT molecular complexity index is 842. The molecular formula is C23H23NO2. The van der Waals surface area contributed by atoms with Crippen LogP contribution in [0.15, 0.2) is 78.9 Å². The van der Waals surface area contributed by atoms with Crippen molar-refractivity contribution in [1.29, 1.82) is 0 Å². The van der Waals surface area contributed by atoms with Gasteiger partial charge in [0.2, 0.25) is 0 Å². The molecule has 3 nitrogen and oxygen atoms in total. The summed E-state index contributed by atoms with van der Waals surface area (Å²) < 4.78 is 5.87. The van der Waals surface area contributed by atoms with Crippen LogP contribution in [0.5, 0.6) is 5.75 Å². The quantitative estimate of drug-likeness (QED) is 0.682. The van der Waals surface area contributed by atoms with Gasteiger partial charge in [-0.25, -0.2) is 0 Å². The van der Waals surface area contributed by atoms with E-state index in [0.29, 0.717) is 24.5 Å². The Morgan fingerprint density at radius 2 is 1.54 bits per heavy atom. The topological polar surface area (TPSA) is 38.3 Å². The van der Waals surface area contributed by atoms with E-state index in [9.17, 15) is 4.79 Å². The maximum atomic E-state index is 12.5. The molecule has 0 bridgehead atoms. The Morgan fingerprint density at radius 3 is 2.31 bits per heavy atom. The zero-order chi connectivity index (χ0) is 18.2. The van der Waals surface area contributed by atoms with Gasteiger partial charge in [-0.15, -0.1) is 0 Å². The third kappa shape index (κ3) is 4.96. The van der Waals surface area contributed by atoms with E-state index in [1.54, 1.807) is 6.07 Å². The molecule has 0 unspecified atom stereocenters. The van der Waals surface area contributed by atoms with Gasteiger partial charge < -0.3 is 10.1 Å². The second kappa shape index (κ2) is 8.86. The Kier molecular flexibility index (Phi) is 6.05. The molecule has 0 aliphatic carbocycles. The Hall–Kier alpha value is -3.07. The van der Waals surface area contributed by atoms with E-state index in [0.717, 1.165) is 12.0 Å². The molecule has 0 radical (unpaired) electrons. The van der Waals surface area contributed by atoms with Gasteiger partial charge in [0.15, 0.2) is 0 Å². The minimum absolute atomic E-state index is 0.124. The smallest absolute Gasteiger partial charge is 0.255 e. The summed E-state index contributed by atoms with van der Waals surface area (Å²) in [4.78, 5) is 12.5. The molecule has 0 atom stereocenters. The van der Waals surface area contributed by atoms with Gasteiger partial charge in [-0.2, -0.15) is 0 Å². The number of carbonyl (C=O) groups is 1. The van der Waals surface area contributed by atoms with Gasteiger partial charge in [-0.3, -0.25) is 4.79 Å². The van der Waals surface area contributed by atoms with Crippen LogP contribution in [-0.4, -0.2) is 12.5 Å². The number of amides is 1. The number of hydrogen-bond acceptors (Lipinski definition) is 2. The minimum Gasteiger partial charge on any atom is -0.492 e. The van der Waals surface area contributed by atoms with Crippen LogP contribution in [0.3, 0.4) is 0 Å². The van der Waals surface area contributed by atoms with Gasteiger partial charge in [0.1, 0.15) is 5.75 Å². The van der Waals surface area contributed by atoms with Crippen LogP contribution >= 0.6 is 0 Å². The van der Waals surface area contributed by atoms with Crippen LogP contribution in [0.4, 0.5) is 0 Å². The van der Waals surface area contributed by atoms with Crippen LogP contribution in [0.1, 0.15) is 27.0 Å². The number of hydrogen-bond donors (Lipinski definition) is 1. The first-order valence-corrected chi connectivity index (χ1v) is 8.82. The van der Waals surface area contributed by atoms with Gasteiger partial charge >= 0.3 is 0 Å². The van der Waals surface area contributed by atoms with Crippen molar-refractivity contribution in [3.8, 4) is 5.75 Å². The molecule has 3 rings (SSSR count). The number of carbonyl (C=O) groups excluding carboxylic acids is 1. The van der Waals surface area contributed by atoms with E-state index in [4.69, 9.17) is 4.74 Å². The summed E-state index contributed by atoms with van der Waals surface area (Å²) in [5.41, 5.74) is 4.06. The number of nitrogens with one attached hydrogen (secondary N) is 1. The van der Waals surface area contributed by atoms with Crippen LogP contribution in [0, 0.1) is 6.92 Å². The molecule has 0 aliphatic heterocycles. The van der Waals surface area contributed by atoms with Crippen LogP contribution in [-0.2, 0) is 13.0 Å². The van der Waals surface area contributed by atoms with Gasteiger partial charge in [0.05, 0.1) is 12.2 Å². The third-order valence-corrected chi connectivity index (χ3v) is 4.20. The lowest BCUT2D eigenvalue weighted by Gasteiger charge is -2.12. The fourth-order valence-electron chi connectivity index (χ4n) is 2.69. The molecule has 3 aromatic rings. The molecule has 1 N–H and O–H groups in total. The molecule has 1 amide bonds. The van der Waals surface area contributed by atoms with Gasteiger partial charge in [-0.1, -0.05) is 72.3 Å². The fraction of sp³-hybridized carbons (Fsp3) is 0.174. The van der Waals surface area contributed by atoms with E-state index >= 15 is 0 Å². The standard InChI is InChI=1S/C23H23NO2/c1-18-11-13-20(14-12-18)17-24-23(25)21-9-5-6-10-22(21)26-16-15-19-7-3-2-4-8-19/h2-14H,15-17H2,1H3,(H,24,25). The second-order valence-electron chi connectivity index (χ2n) is 6.25. The lowest BCUT2D eigenvalue weighted by Crippen LogP contribution is -2.23. The van der Waals surface area contributed by atoms with E-state index in [1.807, 2.05) is 67.6 Å². The number of rotatable bonds is 7. The zero-order valence-electron chi connectivity index (χ0n) is 14.9. The normalized spacial score (nSPS) is 10.3. The molecule has 3 aromatic carbocycles. The van der Waals surface area contributed by atoms with E-state index in [-0.39, 0.29) is 5.91 Å². The summed E-state index contributed by atoms with van der Waals surface area (Å²) in [6, 6.07) is 25.7. The maximum absolute atomic E-state index is 12.5. The number of para-hydroxylation sites is 1. The largest absolute Gasteiger partial charge is 0.492 e. The van der Waals surface area contributed by atoms with E-state index in [1.165, 1.54) is 11.1 Å². The first-order valence-electron chi connectivity index (χ1n) is 8.82. The molecule has 132 valence electrons. The highest BCUT2D eigenvalue weighted by Crippen LogP contribution is 2.18. The summed E-state index contributed by atoms with van der Waals surface area (Å²) >= 11 is 0. The molecule has 0 saturated heterocycles. The van der Waals surface area contributed by atoms with Gasteiger partial charge in [-0.05, 0) is 30.2 Å². The lowest BCUT2D eigenvalue weighted by molar-refractivity contribution is 0.0947. The first kappa shape index (κ1) is 17.7. The number of aryl methyl sites for hydroxylation is 1. The zero-order valence-corrected chi connectivity index (χ0v) is 14.9. The summed E-state index contributed by atoms with van der Waals surface area (Å²) in [7, 11) is 0. The first-order chi connectivity index (χ1) is 12.7. The van der Waals surface area contributed by atoms with E-state index in [2.05, 4.69) is 17.4 Å². The Morgan fingerprint density at radius 1 is 0.846 bits per heavy atom. The monoisotopic (exact) mass is 345 g/mol. The van der Waals surface area contributed by atoms with Crippen molar-refractivity contribution in [3.63, 3.8) is 0 Å². The van der Waals surface area contributed by atoms with Crippen LogP contribution in [0.2, 0.25) is 0 Å². The Labute approximate surface area is 154 Å². The molecule has 0 aromatic heterocycles. The summed E-state index contributed by atoms with van der Waals surface area (Å²) in [6.07, 6.45) is 0.806. The van der Waals surface area contributed by atoms with Gasteiger partial charge in [0, 0.05) is 13.0 Å². The fourth-order valence-corrected chi connectivity index (χ4v) is 2.69.